The van der Waals surface area contributed by atoms with Crippen LogP contribution in [0.3, 0.4) is 0 Å². The first kappa shape index (κ1) is 10.3. The maximum atomic E-state index is 11.9. The summed E-state index contributed by atoms with van der Waals surface area (Å²) in [5.41, 5.74) is -0.517. The summed E-state index contributed by atoms with van der Waals surface area (Å²) >= 11 is 0. The SMILES string of the molecule is C=C[C@H]1CC12CCN(C(=O)C1(O)CC1)CC2. The van der Waals surface area contributed by atoms with Crippen molar-refractivity contribution in [2.75, 3.05) is 13.1 Å². The maximum absolute atomic E-state index is 11.9. The first-order chi connectivity index (χ1) is 7.60. The van der Waals surface area contributed by atoms with Crippen LogP contribution < -0.4 is 0 Å². The first-order valence-corrected chi connectivity index (χ1v) is 6.24. The van der Waals surface area contributed by atoms with E-state index in [1.807, 2.05) is 4.90 Å². The number of hydrogen-bond acceptors (Lipinski definition) is 2. The fraction of sp³-hybridized carbons (Fsp3) is 0.769. The van der Waals surface area contributed by atoms with Crippen LogP contribution >= 0.6 is 0 Å². The van der Waals surface area contributed by atoms with E-state index in [1.165, 1.54) is 6.42 Å². The molecule has 3 rings (SSSR count). The Balaban J connectivity index is 1.59. The van der Waals surface area contributed by atoms with Crippen LogP contribution in [0.1, 0.15) is 32.1 Å². The minimum absolute atomic E-state index is 0.0295. The molecule has 3 fully saturated rings. The van der Waals surface area contributed by atoms with Crippen molar-refractivity contribution in [3.05, 3.63) is 12.7 Å². The van der Waals surface area contributed by atoms with E-state index >= 15 is 0 Å². The number of hydrogen-bond donors (Lipinski definition) is 1. The number of amides is 1. The van der Waals surface area contributed by atoms with Gasteiger partial charge in [0.25, 0.3) is 5.91 Å². The fourth-order valence-corrected chi connectivity index (χ4v) is 3.07. The predicted molar refractivity (Wildman–Crippen MR) is 60.7 cm³/mol. The van der Waals surface area contributed by atoms with Gasteiger partial charge in [-0.25, -0.2) is 0 Å². The number of likely N-dealkylation sites (tertiary alicyclic amines) is 1. The molecular weight excluding hydrogens is 202 g/mol. The van der Waals surface area contributed by atoms with Gasteiger partial charge >= 0.3 is 0 Å². The minimum Gasteiger partial charge on any atom is -0.380 e. The highest BCUT2D eigenvalue weighted by Crippen LogP contribution is 2.60. The zero-order valence-electron chi connectivity index (χ0n) is 9.61. The van der Waals surface area contributed by atoms with Crippen LogP contribution in [-0.2, 0) is 4.79 Å². The highest BCUT2D eigenvalue weighted by atomic mass is 16.3. The van der Waals surface area contributed by atoms with Gasteiger partial charge in [-0.1, -0.05) is 6.08 Å². The molecule has 3 aliphatic rings. The molecule has 1 heterocycles. The summed E-state index contributed by atoms with van der Waals surface area (Å²) in [4.78, 5) is 13.8. The number of aliphatic hydroxyl groups is 1. The van der Waals surface area contributed by atoms with Gasteiger partial charge in [0, 0.05) is 13.1 Å². The lowest BCUT2D eigenvalue weighted by Gasteiger charge is -2.34. The van der Waals surface area contributed by atoms with Crippen LogP contribution in [0.5, 0.6) is 0 Å². The Kier molecular flexibility index (Phi) is 2.00. The summed E-state index contributed by atoms with van der Waals surface area (Å²) in [5, 5.41) is 9.79. The maximum Gasteiger partial charge on any atom is 0.254 e. The number of carbonyl (C=O) groups excluding carboxylic acids is 1. The van der Waals surface area contributed by atoms with Crippen molar-refractivity contribution < 1.29 is 9.90 Å². The largest absolute Gasteiger partial charge is 0.380 e. The average molecular weight is 221 g/mol. The number of piperidine rings is 1. The molecule has 1 saturated heterocycles. The second-order valence-corrected chi connectivity index (χ2v) is 5.73. The van der Waals surface area contributed by atoms with Gasteiger partial charge < -0.3 is 10.0 Å². The van der Waals surface area contributed by atoms with Crippen molar-refractivity contribution >= 4 is 5.91 Å². The zero-order valence-corrected chi connectivity index (χ0v) is 9.61. The van der Waals surface area contributed by atoms with Gasteiger partial charge in [0.1, 0.15) is 5.60 Å². The molecule has 3 nitrogen and oxygen atoms in total. The van der Waals surface area contributed by atoms with E-state index < -0.39 is 5.60 Å². The molecule has 2 saturated carbocycles. The standard InChI is InChI=1S/C13H19NO2/c1-2-10-9-12(10)5-7-14(8-6-12)11(15)13(16)3-4-13/h2,10,16H,1,3-9H2/t10-/m0/s1. The lowest BCUT2D eigenvalue weighted by atomic mass is 9.90. The van der Waals surface area contributed by atoms with Gasteiger partial charge in [-0.05, 0) is 43.4 Å². The number of nitrogens with zero attached hydrogens (tertiary/aromatic N) is 1. The quantitative estimate of drug-likeness (QED) is 0.715. The van der Waals surface area contributed by atoms with E-state index in [9.17, 15) is 9.90 Å². The molecule has 1 N–H and O–H groups in total. The Morgan fingerprint density at radius 2 is 1.94 bits per heavy atom. The third-order valence-corrected chi connectivity index (χ3v) is 4.71. The molecule has 2 aliphatic carbocycles. The molecule has 1 amide bonds. The van der Waals surface area contributed by atoms with Gasteiger partial charge in [-0.2, -0.15) is 0 Å². The lowest BCUT2D eigenvalue weighted by Crippen LogP contribution is -2.45. The molecule has 88 valence electrons. The van der Waals surface area contributed by atoms with Crippen LogP contribution in [0.4, 0.5) is 0 Å². The van der Waals surface area contributed by atoms with Gasteiger partial charge in [0.15, 0.2) is 0 Å². The first-order valence-electron chi connectivity index (χ1n) is 6.24. The average Bonchev–Trinajstić information content (AvgIpc) is 3.19. The molecule has 3 heteroatoms. The summed E-state index contributed by atoms with van der Waals surface area (Å²) in [6.45, 7) is 5.50. The molecular formula is C13H19NO2. The zero-order chi connectivity index (χ0) is 11.4. The topological polar surface area (TPSA) is 40.5 Å². The van der Waals surface area contributed by atoms with Gasteiger partial charge in [-0.15, -0.1) is 6.58 Å². The van der Waals surface area contributed by atoms with Crippen molar-refractivity contribution in [3.8, 4) is 0 Å². The van der Waals surface area contributed by atoms with Crippen molar-refractivity contribution in [1.29, 1.82) is 0 Å². The molecule has 1 atom stereocenters. The van der Waals surface area contributed by atoms with E-state index in [4.69, 9.17) is 0 Å². The smallest absolute Gasteiger partial charge is 0.254 e. The summed E-state index contributed by atoms with van der Waals surface area (Å²) < 4.78 is 0. The van der Waals surface area contributed by atoms with E-state index in [-0.39, 0.29) is 5.91 Å². The van der Waals surface area contributed by atoms with Crippen LogP contribution in [0, 0.1) is 11.3 Å². The summed E-state index contributed by atoms with van der Waals surface area (Å²) in [6, 6.07) is 0. The fourth-order valence-electron chi connectivity index (χ4n) is 3.07. The number of carbonyl (C=O) groups is 1. The molecule has 0 aromatic heterocycles. The van der Waals surface area contributed by atoms with Crippen molar-refractivity contribution in [1.82, 2.24) is 4.90 Å². The molecule has 1 aliphatic heterocycles. The van der Waals surface area contributed by atoms with E-state index in [1.54, 1.807) is 0 Å². The second-order valence-electron chi connectivity index (χ2n) is 5.73. The van der Waals surface area contributed by atoms with Crippen molar-refractivity contribution in [2.45, 2.75) is 37.7 Å². The molecule has 0 bridgehead atoms. The molecule has 0 aromatic carbocycles. The second kappa shape index (κ2) is 3.10. The third kappa shape index (κ3) is 1.41. The van der Waals surface area contributed by atoms with Crippen LogP contribution in [0.15, 0.2) is 12.7 Å². The van der Waals surface area contributed by atoms with Crippen molar-refractivity contribution in [2.24, 2.45) is 11.3 Å². The molecule has 16 heavy (non-hydrogen) atoms. The van der Waals surface area contributed by atoms with E-state index in [0.29, 0.717) is 24.2 Å². The Morgan fingerprint density at radius 1 is 1.31 bits per heavy atom. The molecule has 0 aromatic rings. The predicted octanol–water partition coefficient (Wildman–Crippen LogP) is 1.33. The van der Waals surface area contributed by atoms with E-state index in [2.05, 4.69) is 12.7 Å². The monoisotopic (exact) mass is 221 g/mol. The molecule has 1 spiro atoms. The van der Waals surface area contributed by atoms with Crippen LogP contribution in [0.2, 0.25) is 0 Å². The van der Waals surface area contributed by atoms with Gasteiger partial charge in [-0.3, -0.25) is 4.79 Å². The van der Waals surface area contributed by atoms with E-state index in [0.717, 1.165) is 25.9 Å². The minimum atomic E-state index is -0.980. The molecule has 0 radical (unpaired) electrons. The van der Waals surface area contributed by atoms with Crippen LogP contribution in [0.25, 0.3) is 0 Å². The summed E-state index contributed by atoms with van der Waals surface area (Å²) in [6.07, 6.45) is 6.80. The Bertz CT molecular complexity index is 338. The third-order valence-electron chi connectivity index (χ3n) is 4.71. The van der Waals surface area contributed by atoms with Crippen molar-refractivity contribution in [3.63, 3.8) is 0 Å². The Hall–Kier alpha value is -0.830. The number of allylic oxidation sites excluding steroid dienone is 1. The highest BCUT2D eigenvalue weighted by molar-refractivity contribution is 5.87. The van der Waals surface area contributed by atoms with Crippen LogP contribution in [-0.4, -0.2) is 34.6 Å². The molecule has 0 unspecified atom stereocenters. The summed E-state index contributed by atoms with van der Waals surface area (Å²) in [5.74, 6) is 0.645. The lowest BCUT2D eigenvalue weighted by molar-refractivity contribution is -0.144. The highest BCUT2D eigenvalue weighted by Gasteiger charge is 2.56. The van der Waals surface area contributed by atoms with Gasteiger partial charge in [0.2, 0.25) is 0 Å². The Labute approximate surface area is 96.1 Å². The van der Waals surface area contributed by atoms with Gasteiger partial charge in [0.05, 0.1) is 0 Å². The Morgan fingerprint density at radius 3 is 2.38 bits per heavy atom. The normalized spacial score (nSPS) is 33.6. The number of rotatable bonds is 2. The summed E-state index contributed by atoms with van der Waals surface area (Å²) in [7, 11) is 0.